The summed E-state index contributed by atoms with van der Waals surface area (Å²) in [7, 11) is 1.92. The Labute approximate surface area is 172 Å². The van der Waals surface area contributed by atoms with Gasteiger partial charge in [-0.15, -0.1) is 0 Å². The largest absolute Gasteiger partial charge is 0.503 e. The van der Waals surface area contributed by atoms with E-state index in [1.165, 1.54) is 35.0 Å². The molecule has 2 aromatic rings. The monoisotopic (exact) mass is 414 g/mol. The lowest BCUT2D eigenvalue weighted by Crippen LogP contribution is -2.62. The highest BCUT2D eigenvalue weighted by molar-refractivity contribution is 5.99. The standard InChI is InChI=1S/C21H23FN4O4/c1-12-7-8-24(2)16-11-25-10-15(18(27)19(28)17(25)21(30)26(12)16)20(29)23-9-13-3-5-14(22)6-4-13/h3-6,10,12,16,28H,7-9,11H2,1-2H3,(H,23,29)/t12-,16-/m0/s1. The van der Waals surface area contributed by atoms with Gasteiger partial charge >= 0.3 is 0 Å². The lowest BCUT2D eigenvalue weighted by molar-refractivity contribution is -0.0209. The molecule has 0 radical (unpaired) electrons. The summed E-state index contributed by atoms with van der Waals surface area (Å²) in [6.45, 7) is 3.20. The van der Waals surface area contributed by atoms with Crippen molar-refractivity contribution in [2.24, 2.45) is 0 Å². The van der Waals surface area contributed by atoms with Gasteiger partial charge in [0.25, 0.3) is 11.8 Å². The van der Waals surface area contributed by atoms with Gasteiger partial charge in [-0.2, -0.15) is 0 Å². The average Bonchev–Trinajstić information content (AvgIpc) is 2.72. The van der Waals surface area contributed by atoms with E-state index in [4.69, 9.17) is 0 Å². The minimum Gasteiger partial charge on any atom is -0.503 e. The van der Waals surface area contributed by atoms with Crippen LogP contribution in [0.4, 0.5) is 4.39 Å². The smallest absolute Gasteiger partial charge is 0.276 e. The quantitative estimate of drug-likeness (QED) is 0.785. The molecule has 1 aromatic carbocycles. The van der Waals surface area contributed by atoms with Crippen LogP contribution in [0.25, 0.3) is 0 Å². The number of carbonyl (C=O) groups excluding carboxylic acids is 2. The van der Waals surface area contributed by atoms with E-state index in [1.54, 1.807) is 4.90 Å². The zero-order chi connectivity index (χ0) is 21.6. The van der Waals surface area contributed by atoms with Crippen molar-refractivity contribution in [2.45, 2.75) is 38.6 Å². The summed E-state index contributed by atoms with van der Waals surface area (Å²) in [6, 6.07) is 5.60. The average molecular weight is 414 g/mol. The third kappa shape index (κ3) is 3.35. The number of hydrogen-bond acceptors (Lipinski definition) is 5. The molecule has 1 fully saturated rings. The van der Waals surface area contributed by atoms with Gasteiger partial charge in [0.15, 0.2) is 11.4 Å². The summed E-state index contributed by atoms with van der Waals surface area (Å²) < 4.78 is 14.5. The van der Waals surface area contributed by atoms with Gasteiger partial charge in [-0.25, -0.2) is 4.39 Å². The van der Waals surface area contributed by atoms with Crippen molar-refractivity contribution >= 4 is 11.8 Å². The molecule has 0 saturated carbocycles. The fourth-order valence-corrected chi connectivity index (χ4v) is 4.11. The van der Waals surface area contributed by atoms with E-state index in [0.29, 0.717) is 12.1 Å². The number of carbonyl (C=O) groups is 2. The van der Waals surface area contributed by atoms with Crippen molar-refractivity contribution in [2.75, 3.05) is 13.6 Å². The molecule has 2 aliphatic rings. The Morgan fingerprint density at radius 3 is 2.67 bits per heavy atom. The summed E-state index contributed by atoms with van der Waals surface area (Å²) in [5.41, 5.74) is -0.557. The second-order valence-corrected chi connectivity index (χ2v) is 7.84. The van der Waals surface area contributed by atoms with Crippen LogP contribution in [0.3, 0.4) is 0 Å². The molecule has 2 aliphatic heterocycles. The first kappa shape index (κ1) is 20.1. The number of benzene rings is 1. The first-order chi connectivity index (χ1) is 14.3. The van der Waals surface area contributed by atoms with E-state index in [0.717, 1.165) is 13.0 Å². The van der Waals surface area contributed by atoms with E-state index in [-0.39, 0.29) is 35.8 Å². The van der Waals surface area contributed by atoms with Crippen LogP contribution < -0.4 is 10.7 Å². The van der Waals surface area contributed by atoms with Crippen molar-refractivity contribution in [3.8, 4) is 5.75 Å². The second-order valence-electron chi connectivity index (χ2n) is 7.84. The minimum atomic E-state index is -0.886. The number of amides is 2. The maximum atomic E-state index is 13.0. The SMILES string of the molecule is C[C@H]1CCN(C)[C@@H]2Cn3cc(C(=O)NCc4ccc(F)cc4)c(=O)c(O)c3C(=O)N12. The Bertz CT molecular complexity index is 1070. The first-order valence-corrected chi connectivity index (χ1v) is 9.80. The maximum absolute atomic E-state index is 13.0. The van der Waals surface area contributed by atoms with Gasteiger partial charge in [-0.3, -0.25) is 19.3 Å². The lowest BCUT2D eigenvalue weighted by atomic mass is 10.0. The number of hydrogen-bond donors (Lipinski definition) is 2. The van der Waals surface area contributed by atoms with Crippen molar-refractivity contribution < 1.29 is 19.1 Å². The molecule has 2 amide bonds. The Morgan fingerprint density at radius 2 is 1.97 bits per heavy atom. The second kappa shape index (κ2) is 7.56. The number of pyridine rings is 1. The summed E-state index contributed by atoms with van der Waals surface area (Å²) in [6.07, 6.45) is 1.92. The Hall–Kier alpha value is -3.20. The number of aromatic nitrogens is 1. The molecule has 4 rings (SSSR count). The lowest BCUT2D eigenvalue weighted by Gasteiger charge is -2.49. The molecule has 1 aromatic heterocycles. The molecular formula is C21H23FN4O4. The Balaban J connectivity index is 1.64. The van der Waals surface area contributed by atoms with Crippen LogP contribution in [0.1, 0.15) is 39.8 Å². The predicted octanol–water partition coefficient (Wildman–Crippen LogP) is 1.13. The number of fused-ring (bicyclic) bond motifs is 2. The fourth-order valence-electron chi connectivity index (χ4n) is 4.11. The van der Waals surface area contributed by atoms with Crippen molar-refractivity contribution in [3.63, 3.8) is 0 Å². The Kier molecular flexibility index (Phi) is 5.07. The highest BCUT2D eigenvalue weighted by Crippen LogP contribution is 2.30. The number of nitrogens with one attached hydrogen (secondary N) is 1. The highest BCUT2D eigenvalue weighted by atomic mass is 19.1. The predicted molar refractivity (Wildman–Crippen MR) is 107 cm³/mol. The topological polar surface area (TPSA) is 94.9 Å². The van der Waals surface area contributed by atoms with Gasteiger partial charge in [-0.1, -0.05) is 12.1 Å². The highest BCUT2D eigenvalue weighted by Gasteiger charge is 2.42. The van der Waals surface area contributed by atoms with Gasteiger partial charge in [0.05, 0.1) is 6.54 Å². The zero-order valence-corrected chi connectivity index (χ0v) is 16.8. The van der Waals surface area contributed by atoms with Crippen molar-refractivity contribution in [1.82, 2.24) is 19.7 Å². The molecule has 2 atom stereocenters. The summed E-state index contributed by atoms with van der Waals surface area (Å²) in [4.78, 5) is 42.0. The normalized spacial score (nSPS) is 21.2. The molecule has 8 nitrogen and oxygen atoms in total. The number of halogens is 1. The molecule has 2 N–H and O–H groups in total. The molecule has 9 heteroatoms. The third-order valence-corrected chi connectivity index (χ3v) is 5.87. The van der Waals surface area contributed by atoms with E-state index >= 15 is 0 Å². The third-order valence-electron chi connectivity index (χ3n) is 5.87. The van der Waals surface area contributed by atoms with Gasteiger partial charge in [0.1, 0.15) is 17.5 Å². The van der Waals surface area contributed by atoms with Gasteiger partial charge in [-0.05, 0) is 38.1 Å². The molecule has 0 bridgehead atoms. The van der Waals surface area contributed by atoms with Crippen LogP contribution >= 0.6 is 0 Å². The van der Waals surface area contributed by atoms with Crippen LogP contribution in [0.2, 0.25) is 0 Å². The van der Waals surface area contributed by atoms with E-state index in [2.05, 4.69) is 5.32 Å². The molecular weight excluding hydrogens is 391 g/mol. The van der Waals surface area contributed by atoms with Crippen molar-refractivity contribution in [3.05, 3.63) is 63.3 Å². The molecule has 30 heavy (non-hydrogen) atoms. The summed E-state index contributed by atoms with van der Waals surface area (Å²) in [5, 5.41) is 13.1. The first-order valence-electron chi connectivity index (χ1n) is 9.80. The fraction of sp³-hybridized carbons (Fsp3) is 0.381. The van der Waals surface area contributed by atoms with Crippen molar-refractivity contribution in [1.29, 1.82) is 0 Å². The van der Waals surface area contributed by atoms with Crippen LogP contribution in [0.15, 0.2) is 35.3 Å². The molecule has 3 heterocycles. The van der Waals surface area contributed by atoms with E-state index < -0.39 is 23.0 Å². The van der Waals surface area contributed by atoms with Crippen LogP contribution in [0, 0.1) is 5.82 Å². The Morgan fingerprint density at radius 1 is 1.27 bits per heavy atom. The van der Waals surface area contributed by atoms with Crippen LogP contribution in [0.5, 0.6) is 5.75 Å². The van der Waals surface area contributed by atoms with Gasteiger partial charge < -0.3 is 19.9 Å². The van der Waals surface area contributed by atoms with Gasteiger partial charge in [0, 0.05) is 25.3 Å². The number of nitrogens with zero attached hydrogens (tertiary/aromatic N) is 3. The zero-order valence-electron chi connectivity index (χ0n) is 16.8. The van der Waals surface area contributed by atoms with E-state index in [9.17, 15) is 23.9 Å². The molecule has 0 unspecified atom stereocenters. The molecule has 158 valence electrons. The molecule has 0 spiro atoms. The summed E-state index contributed by atoms with van der Waals surface area (Å²) in [5.74, 6) is -2.19. The molecule has 1 saturated heterocycles. The molecule has 0 aliphatic carbocycles. The number of rotatable bonds is 3. The van der Waals surface area contributed by atoms with Crippen LogP contribution in [-0.2, 0) is 13.1 Å². The van der Waals surface area contributed by atoms with E-state index in [1.807, 2.05) is 18.9 Å². The van der Waals surface area contributed by atoms with Crippen LogP contribution in [-0.4, -0.2) is 57.1 Å². The van der Waals surface area contributed by atoms with Gasteiger partial charge in [0.2, 0.25) is 5.43 Å². The minimum absolute atomic E-state index is 0.0133. The maximum Gasteiger partial charge on any atom is 0.276 e. The number of aromatic hydroxyl groups is 1. The summed E-state index contributed by atoms with van der Waals surface area (Å²) >= 11 is 0. The number of likely N-dealkylation sites (N-methyl/N-ethyl adjacent to an activating group) is 1.